The second kappa shape index (κ2) is 7.46. The number of carbonyl (C=O) groups excluding carboxylic acids is 1. The van der Waals surface area contributed by atoms with Crippen LogP contribution in [-0.4, -0.2) is 22.6 Å². The van der Waals surface area contributed by atoms with Crippen molar-refractivity contribution in [2.75, 3.05) is 6.54 Å². The molecule has 0 saturated heterocycles. The van der Waals surface area contributed by atoms with Crippen molar-refractivity contribution in [1.29, 1.82) is 0 Å². The summed E-state index contributed by atoms with van der Waals surface area (Å²) in [4.78, 5) is 15.0. The van der Waals surface area contributed by atoms with E-state index in [2.05, 4.69) is 20.0 Å². The molecule has 0 fully saturated rings. The number of amides is 1. The van der Waals surface area contributed by atoms with Crippen LogP contribution in [0.15, 0.2) is 28.8 Å². The van der Waals surface area contributed by atoms with Crippen LogP contribution >= 0.6 is 0 Å². The molecular formula is C16H18F3N3O2. The van der Waals surface area contributed by atoms with Gasteiger partial charge in [0.1, 0.15) is 0 Å². The molecule has 1 amide bonds. The van der Waals surface area contributed by atoms with Crippen molar-refractivity contribution in [2.24, 2.45) is 5.92 Å². The van der Waals surface area contributed by atoms with Gasteiger partial charge >= 0.3 is 12.1 Å². The van der Waals surface area contributed by atoms with Gasteiger partial charge in [-0.25, -0.2) is 0 Å². The summed E-state index contributed by atoms with van der Waals surface area (Å²) < 4.78 is 41.5. The zero-order valence-corrected chi connectivity index (χ0v) is 13.4. The number of benzene rings is 1. The average molecular weight is 341 g/mol. The van der Waals surface area contributed by atoms with Crippen LogP contribution in [-0.2, 0) is 17.4 Å². The molecule has 0 aliphatic carbocycles. The lowest BCUT2D eigenvalue weighted by atomic mass is 10.1. The lowest BCUT2D eigenvalue weighted by Gasteiger charge is -2.09. The van der Waals surface area contributed by atoms with E-state index in [-0.39, 0.29) is 17.6 Å². The molecule has 1 aromatic carbocycles. The maximum atomic E-state index is 12.4. The molecule has 1 unspecified atom stereocenters. The molecular weight excluding hydrogens is 323 g/mol. The lowest BCUT2D eigenvalue weighted by Crippen LogP contribution is -2.30. The molecule has 0 aliphatic rings. The largest absolute Gasteiger partial charge is 0.471 e. The van der Waals surface area contributed by atoms with E-state index < -0.39 is 12.1 Å². The van der Waals surface area contributed by atoms with Crippen molar-refractivity contribution in [3.63, 3.8) is 0 Å². The zero-order chi connectivity index (χ0) is 17.7. The lowest BCUT2D eigenvalue weighted by molar-refractivity contribution is -0.159. The monoisotopic (exact) mass is 341 g/mol. The van der Waals surface area contributed by atoms with Gasteiger partial charge in [-0.1, -0.05) is 43.3 Å². The van der Waals surface area contributed by atoms with Gasteiger partial charge in [0, 0.05) is 18.0 Å². The fraction of sp³-hybridized carbons (Fsp3) is 0.438. The Bertz CT molecular complexity index is 681. The topological polar surface area (TPSA) is 68.0 Å². The number of rotatable bonds is 6. The zero-order valence-electron chi connectivity index (χ0n) is 13.4. The van der Waals surface area contributed by atoms with E-state index in [0.29, 0.717) is 18.5 Å². The summed E-state index contributed by atoms with van der Waals surface area (Å²) in [6.07, 6.45) is -3.24. The van der Waals surface area contributed by atoms with E-state index in [1.165, 1.54) is 0 Å². The third-order valence-electron chi connectivity index (χ3n) is 3.65. The quantitative estimate of drug-likeness (QED) is 0.874. The van der Waals surface area contributed by atoms with Crippen molar-refractivity contribution in [1.82, 2.24) is 15.5 Å². The minimum absolute atomic E-state index is 0.0144. The Hall–Kier alpha value is -2.38. The van der Waals surface area contributed by atoms with Crippen LogP contribution < -0.4 is 5.32 Å². The van der Waals surface area contributed by atoms with Crippen LogP contribution in [0.1, 0.15) is 31.7 Å². The number of alkyl halides is 3. The highest BCUT2D eigenvalue weighted by atomic mass is 19.4. The van der Waals surface area contributed by atoms with E-state index >= 15 is 0 Å². The number of halogens is 3. The molecule has 1 heterocycles. The van der Waals surface area contributed by atoms with Crippen molar-refractivity contribution in [3.8, 4) is 11.4 Å². The molecule has 0 aliphatic heterocycles. The molecule has 0 saturated carbocycles. The number of hydrogen-bond acceptors (Lipinski definition) is 4. The number of hydrogen-bond donors (Lipinski definition) is 1. The number of carbonyl (C=O) groups is 1. The molecule has 2 aromatic rings. The highest BCUT2D eigenvalue weighted by Gasteiger charge is 2.38. The summed E-state index contributed by atoms with van der Waals surface area (Å²) in [6.45, 7) is 4.32. The first kappa shape index (κ1) is 18.0. The van der Waals surface area contributed by atoms with Crippen LogP contribution in [0.4, 0.5) is 13.2 Å². The van der Waals surface area contributed by atoms with E-state index in [9.17, 15) is 18.0 Å². The molecule has 0 radical (unpaired) electrons. The Balaban J connectivity index is 1.93. The van der Waals surface area contributed by atoms with Gasteiger partial charge in [-0.15, -0.1) is 0 Å². The van der Waals surface area contributed by atoms with Crippen LogP contribution in [0.2, 0.25) is 0 Å². The molecule has 2 rings (SSSR count). The van der Waals surface area contributed by atoms with Crippen LogP contribution in [0.3, 0.4) is 0 Å². The first-order chi connectivity index (χ1) is 11.3. The van der Waals surface area contributed by atoms with Gasteiger partial charge in [0.2, 0.25) is 11.7 Å². The first-order valence-corrected chi connectivity index (χ1v) is 7.59. The molecule has 1 N–H and O–H groups in total. The highest BCUT2D eigenvalue weighted by Crippen LogP contribution is 2.29. The third kappa shape index (κ3) is 4.56. The Morgan fingerprint density at radius 1 is 1.29 bits per heavy atom. The Morgan fingerprint density at radius 2 is 1.96 bits per heavy atom. The normalized spacial score (nSPS) is 12.9. The predicted octanol–water partition coefficient (Wildman–Crippen LogP) is 3.46. The van der Waals surface area contributed by atoms with Crippen molar-refractivity contribution in [3.05, 3.63) is 35.7 Å². The first-order valence-electron chi connectivity index (χ1n) is 7.59. The van der Waals surface area contributed by atoms with Crippen molar-refractivity contribution < 1.29 is 22.5 Å². The molecule has 1 aromatic heterocycles. The van der Waals surface area contributed by atoms with Crippen molar-refractivity contribution >= 4 is 5.91 Å². The molecule has 8 heteroatoms. The van der Waals surface area contributed by atoms with Gasteiger partial charge in [-0.2, -0.15) is 18.2 Å². The van der Waals surface area contributed by atoms with E-state index in [0.717, 1.165) is 12.0 Å². The minimum atomic E-state index is -4.65. The summed E-state index contributed by atoms with van der Waals surface area (Å²) in [5.41, 5.74) is 1.38. The number of nitrogens with one attached hydrogen (secondary N) is 1. The van der Waals surface area contributed by atoms with Gasteiger partial charge < -0.3 is 9.84 Å². The summed E-state index contributed by atoms with van der Waals surface area (Å²) >= 11 is 0. The van der Waals surface area contributed by atoms with Crippen molar-refractivity contribution in [2.45, 2.75) is 32.9 Å². The second-order valence-electron chi connectivity index (χ2n) is 5.47. The standard InChI is InChI=1S/C16H18F3N3O2/c1-3-10(2)14(23)20-9-8-11-4-6-12(7-5-11)13-21-15(24-22-13)16(17,18)19/h4-7,10H,3,8-9H2,1-2H3,(H,20,23). The molecule has 0 spiro atoms. The number of nitrogens with zero attached hydrogens (tertiary/aromatic N) is 2. The summed E-state index contributed by atoms with van der Waals surface area (Å²) in [6, 6.07) is 6.76. The van der Waals surface area contributed by atoms with Gasteiger partial charge in [0.15, 0.2) is 0 Å². The predicted molar refractivity (Wildman–Crippen MR) is 80.9 cm³/mol. The second-order valence-corrected chi connectivity index (χ2v) is 5.47. The van der Waals surface area contributed by atoms with E-state index in [4.69, 9.17) is 0 Å². The Kier molecular flexibility index (Phi) is 5.58. The minimum Gasteiger partial charge on any atom is -0.356 e. The molecule has 5 nitrogen and oxygen atoms in total. The fourth-order valence-corrected chi connectivity index (χ4v) is 1.97. The molecule has 130 valence electrons. The summed E-state index contributed by atoms with van der Waals surface area (Å²) in [7, 11) is 0. The molecule has 0 bridgehead atoms. The number of aromatic nitrogens is 2. The van der Waals surface area contributed by atoms with Gasteiger partial charge in [0.25, 0.3) is 0 Å². The average Bonchev–Trinajstić information content (AvgIpc) is 3.05. The van der Waals surface area contributed by atoms with Crippen LogP contribution in [0.25, 0.3) is 11.4 Å². The van der Waals surface area contributed by atoms with Gasteiger partial charge in [0.05, 0.1) is 0 Å². The van der Waals surface area contributed by atoms with Gasteiger partial charge in [-0.3, -0.25) is 4.79 Å². The third-order valence-corrected chi connectivity index (χ3v) is 3.65. The summed E-state index contributed by atoms with van der Waals surface area (Å²) in [5, 5.41) is 6.18. The molecule has 1 atom stereocenters. The smallest absolute Gasteiger partial charge is 0.356 e. The molecule has 24 heavy (non-hydrogen) atoms. The maximum Gasteiger partial charge on any atom is 0.471 e. The van der Waals surface area contributed by atoms with Gasteiger partial charge in [-0.05, 0) is 18.4 Å². The maximum absolute atomic E-state index is 12.4. The van der Waals surface area contributed by atoms with Crippen LogP contribution in [0.5, 0.6) is 0 Å². The summed E-state index contributed by atoms with van der Waals surface area (Å²) in [5.74, 6) is -1.48. The fourth-order valence-electron chi connectivity index (χ4n) is 1.97. The van der Waals surface area contributed by atoms with Crippen LogP contribution in [0, 0.1) is 5.92 Å². The Labute approximate surface area is 137 Å². The SMILES string of the molecule is CCC(C)C(=O)NCCc1ccc(-c2noc(C(F)(F)F)n2)cc1. The van der Waals surface area contributed by atoms with E-state index in [1.54, 1.807) is 24.3 Å². The van der Waals surface area contributed by atoms with E-state index in [1.807, 2.05) is 13.8 Å². The highest BCUT2D eigenvalue weighted by molar-refractivity contribution is 5.78. The Morgan fingerprint density at radius 3 is 2.50 bits per heavy atom.